The summed E-state index contributed by atoms with van der Waals surface area (Å²) in [6.07, 6.45) is 3.27. The van der Waals surface area contributed by atoms with E-state index in [4.69, 9.17) is 5.73 Å². The molecule has 66 valence electrons. The van der Waals surface area contributed by atoms with Gasteiger partial charge in [-0.3, -0.25) is 4.79 Å². The van der Waals surface area contributed by atoms with Gasteiger partial charge in [-0.15, -0.1) is 0 Å². The van der Waals surface area contributed by atoms with Crippen molar-refractivity contribution in [1.29, 1.82) is 0 Å². The summed E-state index contributed by atoms with van der Waals surface area (Å²) in [5, 5.41) is 2.33. The van der Waals surface area contributed by atoms with Crippen molar-refractivity contribution in [3.05, 3.63) is 12.4 Å². The van der Waals surface area contributed by atoms with Gasteiger partial charge >= 0.3 is 0 Å². The van der Waals surface area contributed by atoms with Crippen molar-refractivity contribution in [3.8, 4) is 0 Å². The van der Waals surface area contributed by atoms with E-state index in [0.29, 0.717) is 18.0 Å². The van der Waals surface area contributed by atoms with Crippen molar-refractivity contribution in [1.82, 2.24) is 9.97 Å². The maximum absolute atomic E-state index is 9.85. The van der Waals surface area contributed by atoms with Crippen molar-refractivity contribution in [2.24, 2.45) is 0 Å². The molecule has 0 saturated heterocycles. The smallest absolute Gasteiger partial charge is 0.212 e. The summed E-state index contributed by atoms with van der Waals surface area (Å²) >= 11 is 0. The van der Waals surface area contributed by atoms with Gasteiger partial charge in [-0.25, -0.2) is 9.97 Å². The molecule has 0 aromatic carbocycles. The number of hydrogen-bond acceptors (Lipinski definition) is 4. The van der Waals surface area contributed by atoms with Crippen LogP contribution in [0, 0.1) is 0 Å². The maximum Gasteiger partial charge on any atom is 0.212 e. The molecule has 0 saturated carbocycles. The third-order valence-electron chi connectivity index (χ3n) is 0.879. The topological polar surface area (TPSA) is 80.9 Å². The number of nitrogen functional groups attached to an aromatic ring is 1. The highest BCUT2D eigenvalue weighted by molar-refractivity contribution is 5.68. The fourth-order valence-electron chi connectivity index (χ4n) is 0.473. The van der Waals surface area contributed by atoms with Crippen LogP contribution >= 0.6 is 0 Å². The number of carbonyl (C=O) groups is 1. The zero-order valence-corrected chi connectivity index (χ0v) is 7.11. The molecule has 12 heavy (non-hydrogen) atoms. The lowest BCUT2D eigenvalue weighted by Gasteiger charge is -1.94. The fraction of sp³-hybridized carbons (Fsp3) is 0.286. The van der Waals surface area contributed by atoms with E-state index in [1.165, 1.54) is 12.4 Å². The van der Waals surface area contributed by atoms with Crippen LogP contribution in [0.15, 0.2) is 12.4 Å². The van der Waals surface area contributed by atoms with Crippen LogP contribution in [0.2, 0.25) is 0 Å². The molecule has 0 bridgehead atoms. The van der Waals surface area contributed by atoms with Crippen molar-refractivity contribution in [3.63, 3.8) is 0 Å². The van der Waals surface area contributed by atoms with Crippen LogP contribution in [0.25, 0.3) is 0 Å². The molecular weight excluding hydrogens is 156 g/mol. The molecule has 0 radical (unpaired) electrons. The summed E-state index contributed by atoms with van der Waals surface area (Å²) < 4.78 is 0. The standard InChI is InChI=1S/C5H6N4O.C2H6/c6-4-1-8-5(2-7-4)9-3-10;1-2/h1-3H,(H2,6,7)(H,8,9,10);1-2H3. The van der Waals surface area contributed by atoms with Crippen molar-refractivity contribution >= 4 is 18.0 Å². The predicted molar refractivity (Wildman–Crippen MR) is 47.5 cm³/mol. The lowest BCUT2D eigenvalue weighted by Crippen LogP contribution is -1.98. The summed E-state index contributed by atoms with van der Waals surface area (Å²) in [5.41, 5.74) is 5.23. The predicted octanol–water partition coefficient (Wildman–Crippen LogP) is 0.653. The molecule has 5 heteroatoms. The van der Waals surface area contributed by atoms with E-state index in [9.17, 15) is 4.79 Å². The Labute approximate surface area is 71.0 Å². The van der Waals surface area contributed by atoms with E-state index in [1.54, 1.807) is 0 Å². The van der Waals surface area contributed by atoms with E-state index in [-0.39, 0.29) is 0 Å². The van der Waals surface area contributed by atoms with Crippen LogP contribution in [-0.4, -0.2) is 16.4 Å². The van der Waals surface area contributed by atoms with Crippen LogP contribution < -0.4 is 11.1 Å². The molecule has 1 rings (SSSR count). The van der Waals surface area contributed by atoms with E-state index in [1.807, 2.05) is 13.8 Å². The maximum atomic E-state index is 9.85. The molecule has 0 atom stereocenters. The largest absolute Gasteiger partial charge is 0.382 e. The Bertz CT molecular complexity index is 221. The number of rotatable bonds is 2. The molecule has 5 nitrogen and oxygen atoms in total. The Kier molecular flexibility index (Phi) is 5.25. The number of aromatic nitrogens is 2. The Hall–Kier alpha value is -1.65. The molecule has 0 aliphatic rings. The van der Waals surface area contributed by atoms with E-state index >= 15 is 0 Å². The first-order valence-corrected chi connectivity index (χ1v) is 3.60. The molecule has 1 aromatic rings. The summed E-state index contributed by atoms with van der Waals surface area (Å²) in [7, 11) is 0. The molecule has 1 heterocycles. The minimum atomic E-state index is 0.330. The highest BCUT2D eigenvalue weighted by Crippen LogP contribution is 1.98. The first kappa shape index (κ1) is 10.3. The average Bonchev–Trinajstić information content (AvgIpc) is 2.13. The zero-order valence-electron chi connectivity index (χ0n) is 7.11. The summed E-state index contributed by atoms with van der Waals surface area (Å²) in [6, 6.07) is 0. The van der Waals surface area contributed by atoms with Crippen molar-refractivity contribution in [2.45, 2.75) is 13.8 Å². The lowest BCUT2D eigenvalue weighted by molar-refractivity contribution is -0.105. The number of hydrogen-bond donors (Lipinski definition) is 2. The van der Waals surface area contributed by atoms with E-state index in [2.05, 4.69) is 15.3 Å². The number of anilines is 2. The zero-order chi connectivity index (χ0) is 9.40. The average molecular weight is 168 g/mol. The highest BCUT2D eigenvalue weighted by Gasteiger charge is 1.89. The van der Waals surface area contributed by atoms with Crippen LogP contribution in [0.3, 0.4) is 0 Å². The highest BCUT2D eigenvalue weighted by atomic mass is 16.1. The molecule has 0 unspecified atom stereocenters. The molecule has 0 aliphatic carbocycles. The molecule has 1 aromatic heterocycles. The molecular formula is C7H12N4O. The summed E-state index contributed by atoms with van der Waals surface area (Å²) in [4.78, 5) is 17.3. The summed E-state index contributed by atoms with van der Waals surface area (Å²) in [6.45, 7) is 4.00. The van der Waals surface area contributed by atoms with E-state index < -0.39 is 0 Å². The van der Waals surface area contributed by atoms with Gasteiger partial charge in [0.25, 0.3) is 0 Å². The second-order valence-electron chi connectivity index (χ2n) is 1.59. The minimum Gasteiger partial charge on any atom is -0.382 e. The van der Waals surface area contributed by atoms with Gasteiger partial charge in [0.15, 0.2) is 5.82 Å². The third-order valence-corrected chi connectivity index (χ3v) is 0.879. The van der Waals surface area contributed by atoms with Gasteiger partial charge in [0.05, 0.1) is 12.4 Å². The van der Waals surface area contributed by atoms with Crippen LogP contribution in [0.1, 0.15) is 13.8 Å². The number of carbonyl (C=O) groups excluding carboxylic acids is 1. The second kappa shape index (κ2) is 6.09. The number of nitrogens with two attached hydrogens (primary N) is 1. The van der Waals surface area contributed by atoms with Crippen LogP contribution in [0.5, 0.6) is 0 Å². The fourth-order valence-corrected chi connectivity index (χ4v) is 0.473. The lowest BCUT2D eigenvalue weighted by atomic mass is 10.6. The second-order valence-corrected chi connectivity index (χ2v) is 1.59. The van der Waals surface area contributed by atoms with Crippen molar-refractivity contribution in [2.75, 3.05) is 11.1 Å². The Balaban J connectivity index is 0.000000561. The number of nitrogens with one attached hydrogen (secondary N) is 1. The monoisotopic (exact) mass is 168 g/mol. The van der Waals surface area contributed by atoms with Gasteiger partial charge < -0.3 is 11.1 Å². The normalized spacial score (nSPS) is 7.83. The van der Waals surface area contributed by atoms with Gasteiger partial charge in [-0.05, 0) is 0 Å². The SMILES string of the molecule is CC.Nc1cnc(NC=O)cn1. The quantitative estimate of drug-likeness (QED) is 0.635. The van der Waals surface area contributed by atoms with Gasteiger partial charge in [-0.2, -0.15) is 0 Å². The molecule has 3 N–H and O–H groups in total. The Morgan fingerprint density at radius 2 is 2.08 bits per heavy atom. The van der Waals surface area contributed by atoms with Gasteiger partial charge in [-0.1, -0.05) is 13.8 Å². The van der Waals surface area contributed by atoms with Gasteiger partial charge in [0, 0.05) is 0 Å². The first-order chi connectivity index (χ1) is 5.83. The summed E-state index contributed by atoms with van der Waals surface area (Å²) in [5.74, 6) is 0.723. The van der Waals surface area contributed by atoms with E-state index in [0.717, 1.165) is 0 Å². The third kappa shape index (κ3) is 3.50. The van der Waals surface area contributed by atoms with Crippen LogP contribution in [0.4, 0.5) is 11.6 Å². The Morgan fingerprint density at radius 3 is 2.50 bits per heavy atom. The molecule has 0 spiro atoms. The molecule has 0 fully saturated rings. The number of amides is 1. The minimum absolute atomic E-state index is 0.330. The molecule has 0 aliphatic heterocycles. The Morgan fingerprint density at radius 1 is 1.42 bits per heavy atom. The number of nitrogens with zero attached hydrogens (tertiary/aromatic N) is 2. The van der Waals surface area contributed by atoms with Gasteiger partial charge in [0.1, 0.15) is 5.82 Å². The first-order valence-electron chi connectivity index (χ1n) is 3.60. The molecule has 1 amide bonds. The van der Waals surface area contributed by atoms with Crippen molar-refractivity contribution < 1.29 is 4.79 Å². The van der Waals surface area contributed by atoms with Crippen LogP contribution in [-0.2, 0) is 4.79 Å². The van der Waals surface area contributed by atoms with Gasteiger partial charge in [0.2, 0.25) is 6.41 Å².